The second kappa shape index (κ2) is 9.18. The van der Waals surface area contributed by atoms with Crippen molar-refractivity contribution >= 4 is 34.0 Å². The first kappa shape index (κ1) is 21.2. The van der Waals surface area contributed by atoms with Crippen LogP contribution in [0.15, 0.2) is 53.4 Å². The molecule has 0 saturated carbocycles. The number of rotatable bonds is 5. The molecule has 0 aliphatic carbocycles. The number of anilines is 1. The standard InChI is InChI=1S/C18H21N3O4S.ClH/c19-26(23,24)16-10-8-15(9-11-16)25-14-6-4-13(5-7-14)21-18(22)17-3-1-2-12-20-17;/h4-11,17,20H,1-3,12H2,(H,21,22)(H2,19,23,24);1H. The van der Waals surface area contributed by atoms with Gasteiger partial charge in [-0.15, -0.1) is 12.4 Å². The fraction of sp³-hybridized carbons (Fsp3) is 0.278. The van der Waals surface area contributed by atoms with E-state index in [1.54, 1.807) is 24.3 Å². The molecule has 7 nitrogen and oxygen atoms in total. The molecule has 1 aliphatic rings. The van der Waals surface area contributed by atoms with Crippen molar-refractivity contribution in [2.24, 2.45) is 5.14 Å². The number of benzene rings is 2. The number of piperidine rings is 1. The largest absolute Gasteiger partial charge is 0.457 e. The van der Waals surface area contributed by atoms with Crippen molar-refractivity contribution in [3.8, 4) is 11.5 Å². The number of nitrogens with one attached hydrogen (secondary N) is 2. The summed E-state index contributed by atoms with van der Waals surface area (Å²) in [4.78, 5) is 12.2. The van der Waals surface area contributed by atoms with Crippen molar-refractivity contribution in [2.75, 3.05) is 11.9 Å². The Balaban J connectivity index is 0.00000261. The van der Waals surface area contributed by atoms with E-state index >= 15 is 0 Å². The van der Waals surface area contributed by atoms with Crippen molar-refractivity contribution in [3.63, 3.8) is 0 Å². The minimum absolute atomic E-state index is 0. The van der Waals surface area contributed by atoms with Crippen molar-refractivity contribution in [3.05, 3.63) is 48.5 Å². The zero-order valence-electron chi connectivity index (χ0n) is 14.6. The summed E-state index contributed by atoms with van der Waals surface area (Å²) in [7, 11) is -3.72. The highest BCUT2D eigenvalue weighted by molar-refractivity contribution is 7.89. The third-order valence-corrected chi connectivity index (χ3v) is 5.07. The number of halogens is 1. The molecule has 0 radical (unpaired) electrons. The van der Waals surface area contributed by atoms with Crippen LogP contribution in [0.2, 0.25) is 0 Å². The molecule has 1 amide bonds. The van der Waals surface area contributed by atoms with Gasteiger partial charge in [-0.25, -0.2) is 13.6 Å². The average Bonchev–Trinajstić information content (AvgIpc) is 2.64. The van der Waals surface area contributed by atoms with Gasteiger partial charge in [-0.1, -0.05) is 6.42 Å². The summed E-state index contributed by atoms with van der Waals surface area (Å²) in [6.07, 6.45) is 3.01. The molecule has 2 aromatic carbocycles. The first-order valence-electron chi connectivity index (χ1n) is 8.37. The molecule has 0 spiro atoms. The maximum atomic E-state index is 12.2. The maximum absolute atomic E-state index is 12.2. The molecule has 4 N–H and O–H groups in total. The van der Waals surface area contributed by atoms with E-state index < -0.39 is 10.0 Å². The van der Waals surface area contributed by atoms with Gasteiger partial charge in [-0.2, -0.15) is 0 Å². The second-order valence-corrected chi connectivity index (χ2v) is 7.70. The quantitative estimate of drug-likeness (QED) is 0.700. The van der Waals surface area contributed by atoms with Gasteiger partial charge in [0.1, 0.15) is 11.5 Å². The molecule has 1 saturated heterocycles. The van der Waals surface area contributed by atoms with Crippen molar-refractivity contribution < 1.29 is 17.9 Å². The highest BCUT2D eigenvalue weighted by Crippen LogP contribution is 2.24. The van der Waals surface area contributed by atoms with Gasteiger partial charge >= 0.3 is 0 Å². The summed E-state index contributed by atoms with van der Waals surface area (Å²) in [6.45, 7) is 0.870. The molecule has 2 aromatic rings. The van der Waals surface area contributed by atoms with Crippen molar-refractivity contribution in [1.29, 1.82) is 0 Å². The average molecular weight is 412 g/mol. The molecule has 146 valence electrons. The predicted octanol–water partition coefficient (Wildman–Crippen LogP) is 2.63. The van der Waals surface area contributed by atoms with Crippen LogP contribution in [0, 0.1) is 0 Å². The van der Waals surface area contributed by atoms with E-state index in [4.69, 9.17) is 9.88 Å². The maximum Gasteiger partial charge on any atom is 0.241 e. The fourth-order valence-electron chi connectivity index (χ4n) is 2.74. The topological polar surface area (TPSA) is 111 Å². The predicted molar refractivity (Wildman–Crippen MR) is 106 cm³/mol. The van der Waals surface area contributed by atoms with Gasteiger partial charge in [0, 0.05) is 5.69 Å². The molecule has 3 rings (SSSR count). The van der Waals surface area contributed by atoms with Crippen LogP contribution in [-0.2, 0) is 14.8 Å². The Bertz CT molecular complexity index is 864. The van der Waals surface area contributed by atoms with Gasteiger partial charge in [0.15, 0.2) is 0 Å². The normalized spacial score (nSPS) is 16.9. The first-order valence-corrected chi connectivity index (χ1v) is 9.91. The van der Waals surface area contributed by atoms with Crippen LogP contribution in [0.5, 0.6) is 11.5 Å². The number of carbonyl (C=O) groups is 1. The van der Waals surface area contributed by atoms with Crippen LogP contribution < -0.4 is 20.5 Å². The van der Waals surface area contributed by atoms with Crippen molar-refractivity contribution in [1.82, 2.24) is 5.32 Å². The van der Waals surface area contributed by atoms with Gasteiger partial charge in [-0.05, 0) is 67.9 Å². The SMILES string of the molecule is Cl.NS(=O)(=O)c1ccc(Oc2ccc(NC(=O)C3CCCCN3)cc2)cc1. The number of amides is 1. The molecule has 0 aromatic heterocycles. The summed E-state index contributed by atoms with van der Waals surface area (Å²) in [5, 5.41) is 11.2. The van der Waals surface area contributed by atoms with E-state index in [0.717, 1.165) is 25.8 Å². The Morgan fingerprint density at radius 3 is 2.15 bits per heavy atom. The Labute approximate surface area is 164 Å². The Morgan fingerprint density at radius 1 is 1.04 bits per heavy atom. The van der Waals surface area contributed by atoms with E-state index in [-0.39, 0.29) is 29.3 Å². The third-order valence-electron chi connectivity index (χ3n) is 4.14. The molecule has 1 fully saturated rings. The number of hydrogen-bond donors (Lipinski definition) is 3. The van der Waals surface area contributed by atoms with Crippen LogP contribution in [0.25, 0.3) is 0 Å². The molecule has 9 heteroatoms. The van der Waals surface area contributed by atoms with E-state index in [0.29, 0.717) is 17.2 Å². The van der Waals surface area contributed by atoms with Crippen LogP contribution in [-0.4, -0.2) is 26.9 Å². The summed E-state index contributed by atoms with van der Waals surface area (Å²) in [6, 6.07) is 12.7. The van der Waals surface area contributed by atoms with Gasteiger partial charge in [-0.3, -0.25) is 4.79 Å². The van der Waals surface area contributed by atoms with E-state index in [1.807, 2.05) is 0 Å². The molecular formula is C18H22ClN3O4S. The van der Waals surface area contributed by atoms with Crippen LogP contribution >= 0.6 is 12.4 Å². The van der Waals surface area contributed by atoms with E-state index in [2.05, 4.69) is 10.6 Å². The molecule has 0 bridgehead atoms. The lowest BCUT2D eigenvalue weighted by molar-refractivity contribution is -0.118. The molecule has 1 heterocycles. The molecule has 1 unspecified atom stereocenters. The van der Waals surface area contributed by atoms with Gasteiger partial charge in [0.05, 0.1) is 10.9 Å². The van der Waals surface area contributed by atoms with Crippen LogP contribution in [0.3, 0.4) is 0 Å². The number of carbonyl (C=O) groups excluding carboxylic acids is 1. The number of sulfonamides is 1. The molecular weight excluding hydrogens is 390 g/mol. The Kier molecular flexibility index (Phi) is 7.20. The Hall–Kier alpha value is -2.13. The summed E-state index contributed by atoms with van der Waals surface area (Å²) < 4.78 is 28.1. The zero-order chi connectivity index (χ0) is 18.6. The number of hydrogen-bond acceptors (Lipinski definition) is 5. The van der Waals surface area contributed by atoms with Crippen LogP contribution in [0.4, 0.5) is 5.69 Å². The summed E-state index contributed by atoms with van der Waals surface area (Å²) in [5.74, 6) is 1.03. The van der Waals surface area contributed by atoms with Crippen LogP contribution in [0.1, 0.15) is 19.3 Å². The van der Waals surface area contributed by atoms with E-state index in [1.165, 1.54) is 24.3 Å². The zero-order valence-corrected chi connectivity index (χ0v) is 16.2. The smallest absolute Gasteiger partial charge is 0.241 e. The van der Waals surface area contributed by atoms with Gasteiger partial charge < -0.3 is 15.4 Å². The van der Waals surface area contributed by atoms with Crippen molar-refractivity contribution in [2.45, 2.75) is 30.2 Å². The highest BCUT2D eigenvalue weighted by Gasteiger charge is 2.20. The fourth-order valence-corrected chi connectivity index (χ4v) is 3.26. The lowest BCUT2D eigenvalue weighted by Gasteiger charge is -2.22. The first-order chi connectivity index (χ1) is 12.4. The molecule has 27 heavy (non-hydrogen) atoms. The van der Waals surface area contributed by atoms with Gasteiger partial charge in [0.25, 0.3) is 0 Å². The minimum atomic E-state index is -3.72. The van der Waals surface area contributed by atoms with E-state index in [9.17, 15) is 13.2 Å². The van der Waals surface area contributed by atoms with Gasteiger partial charge in [0.2, 0.25) is 15.9 Å². The highest BCUT2D eigenvalue weighted by atomic mass is 35.5. The number of primary sulfonamides is 1. The third kappa shape index (κ3) is 5.93. The number of ether oxygens (including phenoxy) is 1. The monoisotopic (exact) mass is 411 g/mol. The Morgan fingerprint density at radius 2 is 1.63 bits per heavy atom. The number of nitrogens with two attached hydrogens (primary N) is 1. The summed E-state index contributed by atoms with van der Waals surface area (Å²) in [5.41, 5.74) is 0.694. The lowest BCUT2D eigenvalue weighted by Crippen LogP contribution is -2.43. The second-order valence-electron chi connectivity index (χ2n) is 6.13. The minimum Gasteiger partial charge on any atom is -0.457 e. The molecule has 1 aliphatic heterocycles. The lowest BCUT2D eigenvalue weighted by atomic mass is 10.0. The molecule has 1 atom stereocenters. The summed E-state index contributed by atoms with van der Waals surface area (Å²) >= 11 is 0.